The molecular weight excluding hydrogens is 508 g/mol. The molecular formula is C24H21FeN6O5-. The number of hydrogen-bond acceptors (Lipinski definition) is 10. The second-order valence-electron chi connectivity index (χ2n) is 8.32. The van der Waals surface area contributed by atoms with Crippen LogP contribution in [-0.4, -0.2) is 80.6 Å². The number of pyridine rings is 2. The van der Waals surface area contributed by atoms with E-state index in [1.807, 2.05) is 26.8 Å². The van der Waals surface area contributed by atoms with E-state index < -0.39 is 5.09 Å². The van der Waals surface area contributed by atoms with Crippen molar-refractivity contribution in [3.63, 3.8) is 0 Å². The average Bonchev–Trinajstić information content (AvgIpc) is 3.70. The topological polar surface area (TPSA) is 135 Å². The van der Waals surface area contributed by atoms with E-state index in [0.717, 1.165) is 61.1 Å². The van der Waals surface area contributed by atoms with Crippen LogP contribution >= 0.6 is 0 Å². The van der Waals surface area contributed by atoms with Gasteiger partial charge in [0.1, 0.15) is 11.4 Å². The maximum atomic E-state index is 12.4. The summed E-state index contributed by atoms with van der Waals surface area (Å²) < 4.78 is 0. The van der Waals surface area contributed by atoms with Gasteiger partial charge in [0.15, 0.2) is 0 Å². The zero-order valence-corrected chi connectivity index (χ0v) is 20.1. The Morgan fingerprint density at radius 3 is 1.61 bits per heavy atom. The van der Waals surface area contributed by atoms with Gasteiger partial charge in [-0.05, 0) is 12.1 Å². The Kier molecular flexibility index (Phi) is 7.18. The van der Waals surface area contributed by atoms with Crippen LogP contribution in [0.4, 0.5) is 0 Å². The molecule has 3 fully saturated rings. The third-order valence-electron chi connectivity index (χ3n) is 5.83. The average molecular weight is 529 g/mol. The zero-order chi connectivity index (χ0) is 24.5. The number of fused-ring (bicyclic) bond motifs is 3. The number of allylic oxidation sites excluding steroid dienone is 1. The van der Waals surface area contributed by atoms with Gasteiger partial charge in [-0.1, -0.05) is 24.3 Å². The van der Waals surface area contributed by atoms with E-state index in [4.69, 9.17) is 15.3 Å². The van der Waals surface area contributed by atoms with Crippen molar-refractivity contribution in [2.45, 2.75) is 0 Å². The first-order chi connectivity index (χ1) is 16.9. The number of aromatic nitrogens is 2. The predicted octanol–water partition coefficient (Wildman–Crippen LogP) is 1.72. The van der Waals surface area contributed by atoms with Gasteiger partial charge in [0, 0.05) is 85.6 Å². The van der Waals surface area contributed by atoms with Crippen LogP contribution in [0, 0.1) is 15.3 Å². The third kappa shape index (κ3) is 5.45. The van der Waals surface area contributed by atoms with Gasteiger partial charge < -0.3 is 30.0 Å². The SMILES string of the molecule is O=C1C=C(N2CC2)C(=O)C(N2CC2)=C1N1CC1.O=[N+]([O-])[O-].[Fe].c1cnc2c(c1)ccc1cccnc12. The number of rotatable bonds is 3. The maximum Gasteiger partial charge on any atom is 0.227 e. The molecule has 0 saturated carbocycles. The fourth-order valence-corrected chi connectivity index (χ4v) is 3.96. The van der Waals surface area contributed by atoms with Crippen molar-refractivity contribution in [2.24, 2.45) is 0 Å². The third-order valence-corrected chi connectivity index (χ3v) is 5.83. The molecule has 36 heavy (non-hydrogen) atoms. The van der Waals surface area contributed by atoms with Gasteiger partial charge in [-0.25, -0.2) is 0 Å². The molecule has 11 nitrogen and oxygen atoms in total. The predicted molar refractivity (Wildman–Crippen MR) is 127 cm³/mol. The Morgan fingerprint density at radius 2 is 1.17 bits per heavy atom. The molecule has 0 N–H and O–H groups in total. The summed E-state index contributed by atoms with van der Waals surface area (Å²) in [7, 11) is 0. The normalized spacial score (nSPS) is 17.4. The molecule has 1 aliphatic carbocycles. The van der Waals surface area contributed by atoms with Crippen LogP contribution in [0.5, 0.6) is 0 Å². The quantitative estimate of drug-likeness (QED) is 0.123. The van der Waals surface area contributed by atoms with Crippen LogP contribution in [0.25, 0.3) is 21.8 Å². The summed E-state index contributed by atoms with van der Waals surface area (Å²) in [6.45, 7) is 5.41. The molecule has 7 rings (SSSR count). The first-order valence-electron chi connectivity index (χ1n) is 11.1. The Morgan fingerprint density at radius 1 is 0.722 bits per heavy atom. The first-order valence-corrected chi connectivity index (χ1v) is 11.1. The van der Waals surface area contributed by atoms with Crippen LogP contribution in [0.3, 0.4) is 0 Å². The van der Waals surface area contributed by atoms with Crippen molar-refractivity contribution in [2.75, 3.05) is 39.3 Å². The maximum absolute atomic E-state index is 12.4. The molecule has 0 radical (unpaired) electrons. The molecule has 4 aliphatic rings. The van der Waals surface area contributed by atoms with Gasteiger partial charge in [0.25, 0.3) is 0 Å². The minimum Gasteiger partial charge on any atom is -0.365 e. The van der Waals surface area contributed by atoms with Crippen molar-refractivity contribution >= 4 is 33.4 Å². The number of nitrogens with zero attached hydrogens (tertiary/aromatic N) is 6. The second-order valence-corrected chi connectivity index (χ2v) is 8.32. The van der Waals surface area contributed by atoms with Gasteiger partial charge in [0.2, 0.25) is 11.6 Å². The van der Waals surface area contributed by atoms with Crippen molar-refractivity contribution in [1.82, 2.24) is 24.7 Å². The smallest absolute Gasteiger partial charge is 0.227 e. The van der Waals surface area contributed by atoms with Crippen molar-refractivity contribution in [3.05, 3.63) is 87.3 Å². The van der Waals surface area contributed by atoms with Crippen LogP contribution in [-0.2, 0) is 26.7 Å². The minimum atomic E-state index is -1.75. The summed E-state index contributed by atoms with van der Waals surface area (Å²) in [5, 5.41) is 17.0. The Balaban J connectivity index is 0.000000146. The van der Waals surface area contributed by atoms with E-state index in [9.17, 15) is 9.59 Å². The van der Waals surface area contributed by atoms with Crippen LogP contribution in [0.2, 0.25) is 0 Å². The molecule has 2 aromatic heterocycles. The number of Topliss-reactive ketones (excluding diaryl/α,β-unsaturated/α-hetero) is 1. The van der Waals surface area contributed by atoms with Gasteiger partial charge in [-0.2, -0.15) is 0 Å². The van der Waals surface area contributed by atoms with E-state index in [1.54, 1.807) is 12.4 Å². The van der Waals surface area contributed by atoms with Crippen LogP contribution < -0.4 is 0 Å². The van der Waals surface area contributed by atoms with Gasteiger partial charge >= 0.3 is 0 Å². The summed E-state index contributed by atoms with van der Waals surface area (Å²) >= 11 is 0. The van der Waals surface area contributed by atoms with E-state index >= 15 is 0 Å². The number of benzene rings is 1. The molecule has 1 aromatic carbocycles. The van der Waals surface area contributed by atoms with Crippen molar-refractivity contribution < 1.29 is 31.7 Å². The van der Waals surface area contributed by atoms with Crippen molar-refractivity contribution in [1.29, 1.82) is 0 Å². The van der Waals surface area contributed by atoms with E-state index in [1.165, 1.54) is 6.08 Å². The van der Waals surface area contributed by atoms with Crippen molar-refractivity contribution in [3.8, 4) is 0 Å². The fraction of sp³-hybridized carbons (Fsp3) is 0.250. The molecule has 0 amide bonds. The number of hydrogen-bond donors (Lipinski definition) is 0. The van der Waals surface area contributed by atoms with Crippen LogP contribution in [0.15, 0.2) is 72.0 Å². The summed E-state index contributed by atoms with van der Waals surface area (Å²) in [6, 6.07) is 12.1. The standard InChI is InChI=1S/C12H13N3O2.C12H8N2.Fe.NO3/c16-9-7-8(13-1-2-13)12(17)11(15-5-6-15)10(9)14-3-4-14;1-3-9-5-6-10-4-2-8-14-12(10)11(9)13-7-1;;2-1(3)4/h7H,1-6H2;1-8H;;/q;;;-1. The molecule has 3 aliphatic heterocycles. The molecule has 0 spiro atoms. The molecule has 3 aromatic rings. The molecule has 3 saturated heterocycles. The van der Waals surface area contributed by atoms with Gasteiger partial charge in [-0.15, -0.1) is 0 Å². The minimum absolute atomic E-state index is 0. The largest absolute Gasteiger partial charge is 0.365 e. The Labute approximate surface area is 216 Å². The Hall–Kier alpha value is -4.02. The van der Waals surface area contributed by atoms with E-state index in [2.05, 4.69) is 34.2 Å². The molecule has 5 heterocycles. The number of carbonyl (C=O) groups excluding carboxylic acids is 2. The first kappa shape index (κ1) is 25.1. The molecule has 0 unspecified atom stereocenters. The second kappa shape index (κ2) is 10.3. The monoisotopic (exact) mass is 529 g/mol. The summed E-state index contributed by atoms with van der Waals surface area (Å²) in [4.78, 5) is 47.4. The molecule has 0 atom stereocenters. The molecule has 0 bridgehead atoms. The fourth-order valence-electron chi connectivity index (χ4n) is 3.96. The summed E-state index contributed by atoms with van der Waals surface area (Å²) in [5.41, 5.74) is 3.84. The Bertz CT molecular complexity index is 1350. The summed E-state index contributed by atoms with van der Waals surface area (Å²) in [5.74, 6) is 0.0485. The molecule has 12 heteroatoms. The van der Waals surface area contributed by atoms with Gasteiger partial charge in [-0.3, -0.25) is 19.6 Å². The van der Waals surface area contributed by atoms with Crippen LogP contribution in [0.1, 0.15) is 0 Å². The van der Waals surface area contributed by atoms with E-state index in [0.29, 0.717) is 17.1 Å². The number of carbonyl (C=O) groups is 2. The van der Waals surface area contributed by atoms with Gasteiger partial charge in [0.05, 0.1) is 21.8 Å². The number of ketones is 2. The molecule has 186 valence electrons. The zero-order valence-electron chi connectivity index (χ0n) is 19.0. The summed E-state index contributed by atoms with van der Waals surface area (Å²) in [6.07, 6.45) is 5.13. The van der Waals surface area contributed by atoms with E-state index in [-0.39, 0.29) is 28.6 Å².